The Morgan fingerprint density at radius 2 is 1.05 bits per heavy atom. The van der Waals surface area contributed by atoms with Crippen LogP contribution in [0.1, 0.15) is 5.56 Å². The van der Waals surface area contributed by atoms with Gasteiger partial charge in [0.25, 0.3) is 0 Å². The molecule has 9 aromatic rings. The van der Waals surface area contributed by atoms with Crippen LogP contribution in [0.3, 0.4) is 0 Å². The van der Waals surface area contributed by atoms with E-state index in [-0.39, 0.29) is 0 Å². The molecule has 0 spiro atoms. The molecule has 0 atom stereocenters. The fourth-order valence-corrected chi connectivity index (χ4v) is 7.12. The second-order valence-corrected chi connectivity index (χ2v) is 11.5. The molecule has 204 valence electrons. The van der Waals surface area contributed by atoms with Crippen LogP contribution in [0.25, 0.3) is 71.0 Å². The second kappa shape index (κ2) is 8.98. The minimum atomic E-state index is 0.878. The van der Waals surface area contributed by atoms with Gasteiger partial charge in [-0.2, -0.15) is 0 Å². The summed E-state index contributed by atoms with van der Waals surface area (Å²) in [6, 6.07) is 47.9. The predicted molar refractivity (Wildman–Crippen MR) is 182 cm³/mol. The summed E-state index contributed by atoms with van der Waals surface area (Å²) in [6.07, 6.45) is 0. The molecule has 0 unspecified atom stereocenters. The molecule has 7 aromatic carbocycles. The summed E-state index contributed by atoms with van der Waals surface area (Å²) in [6.45, 7) is 2.16. The van der Waals surface area contributed by atoms with E-state index in [1.165, 1.54) is 27.1 Å². The van der Waals surface area contributed by atoms with Crippen molar-refractivity contribution in [2.24, 2.45) is 0 Å². The van der Waals surface area contributed by atoms with Crippen molar-refractivity contribution in [1.82, 2.24) is 4.57 Å². The molecule has 3 heteroatoms. The molecule has 0 fully saturated rings. The van der Waals surface area contributed by atoms with E-state index < -0.39 is 0 Å². The van der Waals surface area contributed by atoms with Gasteiger partial charge in [-0.05, 0) is 64.4 Å². The Bertz CT molecular complexity index is 2500. The van der Waals surface area contributed by atoms with E-state index in [1.807, 2.05) is 0 Å². The van der Waals surface area contributed by atoms with E-state index in [2.05, 4.69) is 157 Å². The van der Waals surface area contributed by atoms with E-state index in [4.69, 9.17) is 4.42 Å². The lowest BCUT2D eigenvalue weighted by atomic mass is 9.98. The number of aryl methyl sites for hydroxylation is 1. The maximum absolute atomic E-state index is 7.35. The Morgan fingerprint density at radius 3 is 1.72 bits per heavy atom. The summed E-state index contributed by atoms with van der Waals surface area (Å²) in [7, 11) is 2.14. The van der Waals surface area contributed by atoms with E-state index in [0.717, 1.165) is 60.8 Å². The van der Waals surface area contributed by atoms with Crippen LogP contribution in [0, 0.1) is 6.92 Å². The third-order valence-electron chi connectivity index (χ3n) is 9.11. The third-order valence-corrected chi connectivity index (χ3v) is 9.11. The Hall–Kier alpha value is -5.54. The summed E-state index contributed by atoms with van der Waals surface area (Å²) < 4.78 is 9.72. The molecule has 0 amide bonds. The molecule has 0 radical (unpaired) electrons. The smallest absolute Gasteiger partial charge is 0.160 e. The average molecular weight is 553 g/mol. The van der Waals surface area contributed by atoms with Gasteiger partial charge in [-0.25, -0.2) is 0 Å². The van der Waals surface area contributed by atoms with Crippen LogP contribution in [-0.4, -0.2) is 11.6 Å². The fraction of sp³-hybridized carbons (Fsp3) is 0.0500. The molecule has 3 nitrogen and oxygen atoms in total. The zero-order valence-corrected chi connectivity index (χ0v) is 24.0. The minimum absolute atomic E-state index is 0.878. The Morgan fingerprint density at radius 1 is 0.488 bits per heavy atom. The first-order chi connectivity index (χ1) is 21.2. The Balaban J connectivity index is 1.51. The third kappa shape index (κ3) is 3.36. The number of aromatic nitrogens is 1. The molecule has 0 aliphatic rings. The van der Waals surface area contributed by atoms with Gasteiger partial charge in [0, 0.05) is 34.3 Å². The van der Waals surface area contributed by atoms with Crippen LogP contribution in [0.15, 0.2) is 138 Å². The topological polar surface area (TPSA) is 21.3 Å². The number of hydrogen-bond acceptors (Lipinski definition) is 2. The monoisotopic (exact) mass is 552 g/mol. The first kappa shape index (κ1) is 24.1. The van der Waals surface area contributed by atoms with Crippen molar-refractivity contribution in [2.45, 2.75) is 6.92 Å². The average Bonchev–Trinajstić information content (AvgIpc) is 3.30. The van der Waals surface area contributed by atoms with Gasteiger partial charge in [0.05, 0.1) is 22.4 Å². The molecule has 0 saturated carbocycles. The summed E-state index contributed by atoms with van der Waals surface area (Å²) in [5.74, 6) is 0. The number of nitrogens with zero attached hydrogens (tertiary/aromatic N) is 2. The van der Waals surface area contributed by atoms with Gasteiger partial charge >= 0.3 is 0 Å². The number of rotatable bonds is 3. The van der Waals surface area contributed by atoms with Gasteiger partial charge in [0.15, 0.2) is 11.2 Å². The molecule has 2 heterocycles. The van der Waals surface area contributed by atoms with Crippen LogP contribution in [0.5, 0.6) is 0 Å². The lowest BCUT2D eigenvalue weighted by molar-refractivity contribution is 0.661. The molecule has 0 aliphatic carbocycles. The number of anilines is 2. The van der Waals surface area contributed by atoms with Gasteiger partial charge < -0.3 is 13.9 Å². The van der Waals surface area contributed by atoms with E-state index in [9.17, 15) is 0 Å². The normalized spacial score (nSPS) is 12.0. The lowest BCUT2D eigenvalue weighted by Gasteiger charge is -2.22. The maximum Gasteiger partial charge on any atom is 0.160 e. The highest BCUT2D eigenvalue weighted by Crippen LogP contribution is 2.44. The summed E-state index contributed by atoms with van der Waals surface area (Å²) in [4.78, 5) is 2.26. The quantitative estimate of drug-likeness (QED) is 0.217. The van der Waals surface area contributed by atoms with Gasteiger partial charge in [-0.3, -0.25) is 0 Å². The van der Waals surface area contributed by atoms with Crippen LogP contribution < -0.4 is 4.90 Å². The molecule has 43 heavy (non-hydrogen) atoms. The first-order valence-electron chi connectivity index (χ1n) is 14.8. The van der Waals surface area contributed by atoms with Crippen molar-refractivity contribution in [3.63, 3.8) is 0 Å². The van der Waals surface area contributed by atoms with E-state index in [1.54, 1.807) is 0 Å². The molecule has 0 saturated heterocycles. The molecular weight excluding hydrogens is 524 g/mol. The maximum atomic E-state index is 7.35. The number of hydrogen-bond donors (Lipinski definition) is 0. The lowest BCUT2D eigenvalue weighted by Crippen LogP contribution is -2.11. The van der Waals surface area contributed by atoms with E-state index >= 15 is 0 Å². The number of para-hydroxylation sites is 3. The highest BCUT2D eigenvalue weighted by atomic mass is 16.3. The minimum Gasteiger partial charge on any atom is -0.452 e. The van der Waals surface area contributed by atoms with Crippen LogP contribution in [0.4, 0.5) is 11.4 Å². The van der Waals surface area contributed by atoms with Gasteiger partial charge in [0.1, 0.15) is 0 Å². The van der Waals surface area contributed by atoms with Crippen molar-refractivity contribution < 1.29 is 4.42 Å². The van der Waals surface area contributed by atoms with Gasteiger partial charge in [0.2, 0.25) is 0 Å². The largest absolute Gasteiger partial charge is 0.452 e. The van der Waals surface area contributed by atoms with Gasteiger partial charge in [-0.15, -0.1) is 0 Å². The summed E-state index contributed by atoms with van der Waals surface area (Å²) in [5, 5.41) is 9.45. The zero-order chi connectivity index (χ0) is 28.7. The van der Waals surface area contributed by atoms with Crippen molar-refractivity contribution in [3.8, 4) is 5.69 Å². The Labute approximate surface area is 248 Å². The fourth-order valence-electron chi connectivity index (χ4n) is 7.12. The second-order valence-electron chi connectivity index (χ2n) is 11.5. The molecule has 0 N–H and O–H groups in total. The molecule has 2 aromatic heterocycles. The van der Waals surface area contributed by atoms with Gasteiger partial charge in [-0.1, -0.05) is 103 Å². The van der Waals surface area contributed by atoms with Crippen LogP contribution in [-0.2, 0) is 0 Å². The highest BCUT2D eigenvalue weighted by molar-refractivity contribution is 6.26. The highest BCUT2D eigenvalue weighted by Gasteiger charge is 2.21. The Kier molecular flexibility index (Phi) is 5.03. The van der Waals surface area contributed by atoms with Crippen molar-refractivity contribution in [1.29, 1.82) is 0 Å². The summed E-state index contributed by atoms with van der Waals surface area (Å²) in [5.41, 5.74) is 8.53. The van der Waals surface area contributed by atoms with Crippen molar-refractivity contribution in [3.05, 3.63) is 139 Å². The molecule has 0 aliphatic heterocycles. The first-order valence-corrected chi connectivity index (χ1v) is 14.8. The van der Waals surface area contributed by atoms with Crippen molar-refractivity contribution >= 4 is 76.7 Å². The summed E-state index contributed by atoms with van der Waals surface area (Å²) >= 11 is 0. The van der Waals surface area contributed by atoms with Crippen LogP contribution in [0.2, 0.25) is 0 Å². The zero-order valence-electron chi connectivity index (χ0n) is 24.0. The molecular formula is C40H28N2O. The predicted octanol–water partition coefficient (Wildman–Crippen LogP) is 11.1. The standard InChI is InChI=1S/C40H28N2O/c1-25-11-3-6-18-32(25)41(2)35-23-21-26-12-9-16-30-31-17-10-13-27-22-24-36(40(38(27)31)43-39(35)37(26)30)42-33-19-7-4-14-28(33)29-15-5-8-20-34(29)42/h3-24H,1-2H3. The SMILES string of the molecule is Cc1ccccc1N(C)c1ccc2cccc3c4cccc5ccc(-n6c7ccccc7c7ccccc76)c(oc1c23)c54. The number of benzene rings is 7. The van der Waals surface area contributed by atoms with E-state index in [0.29, 0.717) is 0 Å². The van der Waals surface area contributed by atoms with Crippen molar-refractivity contribution in [2.75, 3.05) is 11.9 Å². The molecule has 9 rings (SSSR count). The number of fused-ring (bicyclic) bond motifs is 4. The molecule has 0 bridgehead atoms. The van der Waals surface area contributed by atoms with Crippen LogP contribution >= 0.6 is 0 Å².